The molecule has 0 radical (unpaired) electrons. The number of likely N-dealkylation sites (tertiary alicyclic amines) is 1. The van der Waals surface area contributed by atoms with E-state index in [1.54, 1.807) is 17.0 Å². The lowest BCUT2D eigenvalue weighted by Crippen LogP contribution is -2.76. The number of hydrogen-bond acceptors (Lipinski definition) is 9. The molecule has 3 saturated heterocycles. The highest BCUT2D eigenvalue weighted by Crippen LogP contribution is 2.44. The molecule has 1 aromatic rings. The normalized spacial score (nSPS) is 35.3. The molecule has 0 bridgehead atoms. The average Bonchev–Trinajstić information content (AvgIpc) is 3.42. The maximum absolute atomic E-state index is 14.5. The molecule has 11 heteroatoms. The van der Waals surface area contributed by atoms with Crippen molar-refractivity contribution >= 4 is 11.7 Å². The van der Waals surface area contributed by atoms with E-state index in [0.717, 1.165) is 25.8 Å². The summed E-state index contributed by atoms with van der Waals surface area (Å²) >= 11 is 0. The molecule has 4 fully saturated rings. The molecule has 6 rings (SSSR count). The van der Waals surface area contributed by atoms with Crippen LogP contribution in [0.15, 0.2) is 30.9 Å². The van der Waals surface area contributed by atoms with Gasteiger partial charge >= 0.3 is 0 Å². The molecule has 10 nitrogen and oxygen atoms in total. The SMILES string of the molecule is C=CC(=O)N1CCN(C2NC(OCC3CCCN3C)NC3C(=O)[C@]4(CCc5c(F)cccc5O4)CCC32)CC1CC#N. The fourth-order valence-corrected chi connectivity index (χ4v) is 7.70. The van der Waals surface area contributed by atoms with E-state index in [0.29, 0.717) is 62.9 Å². The molecule has 4 aliphatic heterocycles. The van der Waals surface area contributed by atoms with Gasteiger partial charge in [0, 0.05) is 37.2 Å². The first-order valence-corrected chi connectivity index (χ1v) is 15.2. The van der Waals surface area contributed by atoms with Crippen molar-refractivity contribution in [3.63, 3.8) is 0 Å². The zero-order valence-corrected chi connectivity index (χ0v) is 24.3. The van der Waals surface area contributed by atoms with E-state index in [1.165, 1.54) is 12.1 Å². The number of Topliss-reactive ketones (excluding diaryl/α,β-unsaturated/α-hetero) is 1. The van der Waals surface area contributed by atoms with E-state index in [-0.39, 0.29) is 42.1 Å². The zero-order chi connectivity index (χ0) is 29.4. The van der Waals surface area contributed by atoms with Gasteiger partial charge in [0.25, 0.3) is 0 Å². The Balaban J connectivity index is 1.24. The molecule has 2 N–H and O–H groups in total. The number of piperazine rings is 1. The number of likely N-dealkylation sites (N-methyl/N-ethyl adjacent to an activating group) is 1. The Hall–Kier alpha value is -2.88. The van der Waals surface area contributed by atoms with E-state index in [4.69, 9.17) is 9.47 Å². The van der Waals surface area contributed by atoms with E-state index >= 15 is 0 Å². The summed E-state index contributed by atoms with van der Waals surface area (Å²) < 4.78 is 27.2. The number of ether oxygens (including phenoxy) is 2. The Morgan fingerprint density at radius 1 is 1.26 bits per heavy atom. The van der Waals surface area contributed by atoms with Gasteiger partial charge in [-0.3, -0.25) is 25.1 Å². The number of nitrogens with zero attached hydrogens (tertiary/aromatic N) is 4. The lowest BCUT2D eigenvalue weighted by molar-refractivity contribution is -0.160. The summed E-state index contributed by atoms with van der Waals surface area (Å²) in [6.45, 7) is 6.79. The number of benzene rings is 1. The van der Waals surface area contributed by atoms with Crippen molar-refractivity contribution in [3.8, 4) is 11.8 Å². The van der Waals surface area contributed by atoms with Gasteiger partial charge in [0.2, 0.25) is 5.91 Å². The van der Waals surface area contributed by atoms with Crippen molar-refractivity contribution in [2.45, 2.75) is 81.2 Å². The third-order valence-electron chi connectivity index (χ3n) is 10.1. The van der Waals surface area contributed by atoms with Gasteiger partial charge in [-0.15, -0.1) is 0 Å². The minimum Gasteiger partial charge on any atom is -0.479 e. The lowest BCUT2D eigenvalue weighted by atomic mass is 9.69. The van der Waals surface area contributed by atoms with E-state index in [2.05, 4.69) is 40.1 Å². The van der Waals surface area contributed by atoms with Crippen LogP contribution < -0.4 is 15.4 Å². The fourth-order valence-electron chi connectivity index (χ4n) is 7.70. The predicted molar refractivity (Wildman–Crippen MR) is 153 cm³/mol. The lowest BCUT2D eigenvalue weighted by Gasteiger charge is -2.54. The van der Waals surface area contributed by atoms with Gasteiger partial charge in [-0.2, -0.15) is 5.26 Å². The second-order valence-electron chi connectivity index (χ2n) is 12.4. The molecule has 7 atom stereocenters. The molecule has 1 saturated carbocycles. The number of fused-ring (bicyclic) bond motifs is 2. The number of ketones is 1. The third-order valence-corrected chi connectivity index (χ3v) is 10.1. The molecule has 1 aromatic carbocycles. The fraction of sp³-hybridized carbons (Fsp3) is 0.645. The van der Waals surface area contributed by atoms with Crippen LogP contribution in [0, 0.1) is 23.1 Å². The quantitative estimate of drug-likeness (QED) is 0.487. The number of carbonyl (C=O) groups excluding carboxylic acids is 2. The van der Waals surface area contributed by atoms with Gasteiger partial charge in [0.1, 0.15) is 11.6 Å². The summed E-state index contributed by atoms with van der Waals surface area (Å²) in [6, 6.07) is 6.58. The number of nitrogens with one attached hydrogen (secondary N) is 2. The first-order valence-electron chi connectivity index (χ1n) is 15.2. The summed E-state index contributed by atoms with van der Waals surface area (Å²) in [5.74, 6) is -0.0958. The van der Waals surface area contributed by atoms with E-state index < -0.39 is 18.0 Å². The predicted octanol–water partition coefficient (Wildman–Crippen LogP) is 1.76. The Morgan fingerprint density at radius 3 is 2.88 bits per heavy atom. The van der Waals surface area contributed by atoms with Crippen LogP contribution in [0.4, 0.5) is 4.39 Å². The number of nitriles is 1. The second kappa shape index (κ2) is 12.0. The number of halogens is 1. The number of carbonyl (C=O) groups is 2. The molecule has 226 valence electrons. The van der Waals surface area contributed by atoms with E-state index in [9.17, 15) is 19.2 Å². The van der Waals surface area contributed by atoms with Crippen molar-refractivity contribution in [2.75, 3.05) is 39.8 Å². The van der Waals surface area contributed by atoms with Gasteiger partial charge in [0.15, 0.2) is 17.7 Å². The van der Waals surface area contributed by atoms with Crippen LogP contribution in [0.1, 0.15) is 44.1 Å². The zero-order valence-electron chi connectivity index (χ0n) is 24.3. The first kappa shape index (κ1) is 29.2. The highest BCUT2D eigenvalue weighted by Gasteiger charge is 2.57. The summed E-state index contributed by atoms with van der Waals surface area (Å²) in [4.78, 5) is 33.2. The molecule has 1 spiro atoms. The third kappa shape index (κ3) is 5.35. The molecule has 1 amide bonds. The number of hydrogen-bond donors (Lipinski definition) is 2. The summed E-state index contributed by atoms with van der Waals surface area (Å²) in [5, 5.41) is 16.6. The summed E-state index contributed by atoms with van der Waals surface area (Å²) in [7, 11) is 2.11. The van der Waals surface area contributed by atoms with Crippen molar-refractivity contribution < 1.29 is 23.5 Å². The molecular weight excluding hydrogens is 539 g/mol. The van der Waals surface area contributed by atoms with Crippen molar-refractivity contribution in [1.82, 2.24) is 25.3 Å². The van der Waals surface area contributed by atoms with Gasteiger partial charge < -0.3 is 19.3 Å². The van der Waals surface area contributed by atoms with E-state index in [1.807, 2.05) is 0 Å². The summed E-state index contributed by atoms with van der Waals surface area (Å²) in [5.41, 5.74) is -0.475. The molecule has 5 aliphatic rings. The largest absolute Gasteiger partial charge is 0.479 e. The topological polar surface area (TPSA) is 110 Å². The van der Waals surface area contributed by atoms with Crippen molar-refractivity contribution in [1.29, 1.82) is 5.26 Å². The number of amides is 1. The smallest absolute Gasteiger partial charge is 0.246 e. The Bertz CT molecular complexity index is 1260. The second-order valence-corrected chi connectivity index (χ2v) is 12.4. The van der Waals surface area contributed by atoms with Crippen molar-refractivity contribution in [3.05, 3.63) is 42.2 Å². The van der Waals surface area contributed by atoms with Gasteiger partial charge in [-0.05, 0) is 70.3 Å². The Labute approximate surface area is 246 Å². The minimum absolute atomic E-state index is 0.0132. The summed E-state index contributed by atoms with van der Waals surface area (Å²) in [6.07, 6.45) is 5.13. The van der Waals surface area contributed by atoms with Crippen LogP contribution in [0.25, 0.3) is 0 Å². The number of rotatable bonds is 6. The Kier molecular flexibility index (Phi) is 8.35. The van der Waals surface area contributed by atoms with Crippen LogP contribution in [0.5, 0.6) is 5.75 Å². The molecule has 4 heterocycles. The molecule has 0 aromatic heterocycles. The van der Waals surface area contributed by atoms with Crippen LogP contribution in [-0.2, 0) is 20.7 Å². The minimum atomic E-state index is -1.01. The van der Waals surface area contributed by atoms with Crippen LogP contribution in [-0.4, -0.2) is 102 Å². The molecule has 6 unspecified atom stereocenters. The van der Waals surface area contributed by atoms with Gasteiger partial charge in [-0.1, -0.05) is 12.6 Å². The molecular formula is C31H41FN6O4. The molecule has 1 aliphatic carbocycles. The van der Waals surface area contributed by atoms with Crippen LogP contribution >= 0.6 is 0 Å². The van der Waals surface area contributed by atoms with Crippen LogP contribution in [0.2, 0.25) is 0 Å². The standard InChI is InChI=1S/C31H41FN6O4/c1-3-26(39)38-17-16-37(18-20(38)11-14-33)29-23-10-13-31(12-9-22-24(32)7-4-8-25(22)42-31)28(40)27(23)34-30(35-29)41-19-21-6-5-15-36(21)2/h3-4,7-8,20-21,23,27,29-30,34-35H,1,5-6,9-13,15-19H2,2H3/t20?,21?,23?,27?,29?,30?,31-/m0/s1. The van der Waals surface area contributed by atoms with Crippen LogP contribution in [0.3, 0.4) is 0 Å². The van der Waals surface area contributed by atoms with Gasteiger partial charge in [0.05, 0.1) is 37.3 Å². The first-order chi connectivity index (χ1) is 20.3. The average molecular weight is 581 g/mol. The highest BCUT2D eigenvalue weighted by atomic mass is 19.1. The van der Waals surface area contributed by atoms with Gasteiger partial charge in [-0.25, -0.2) is 4.39 Å². The monoisotopic (exact) mass is 580 g/mol. The highest BCUT2D eigenvalue weighted by molar-refractivity contribution is 5.94. The Morgan fingerprint density at radius 2 is 2.12 bits per heavy atom. The maximum atomic E-state index is 14.5. The van der Waals surface area contributed by atoms with Crippen molar-refractivity contribution in [2.24, 2.45) is 5.92 Å². The molecule has 42 heavy (non-hydrogen) atoms. The maximum Gasteiger partial charge on any atom is 0.246 e.